The van der Waals surface area contributed by atoms with Gasteiger partial charge in [0.05, 0.1) is 22.3 Å². The number of amidine groups is 1. The second-order valence-electron chi connectivity index (χ2n) is 5.54. The molecule has 3 rings (SSSR count). The lowest BCUT2D eigenvalue weighted by Gasteiger charge is -2.04. The summed E-state index contributed by atoms with van der Waals surface area (Å²) >= 11 is 1.35. The van der Waals surface area contributed by atoms with Crippen LogP contribution in [-0.2, 0) is 5.75 Å². The van der Waals surface area contributed by atoms with Crippen molar-refractivity contribution in [2.45, 2.75) is 19.6 Å². The van der Waals surface area contributed by atoms with Crippen molar-refractivity contribution in [3.8, 4) is 0 Å². The van der Waals surface area contributed by atoms with Crippen LogP contribution in [0.15, 0.2) is 52.3 Å². The topological polar surface area (TPSA) is 84.1 Å². The second kappa shape index (κ2) is 6.88. The number of para-hydroxylation sites is 1. The first-order chi connectivity index (χ1) is 11.5. The Hall–Kier alpha value is -2.60. The van der Waals surface area contributed by atoms with E-state index >= 15 is 0 Å². The lowest BCUT2D eigenvalue weighted by atomic mass is 10.1. The summed E-state index contributed by atoms with van der Waals surface area (Å²) in [5, 5.41) is 1.03. The molecule has 0 amide bonds. The van der Waals surface area contributed by atoms with Crippen LogP contribution < -0.4 is 11.3 Å². The SMILES string of the molecule is Cc1ccc(N=C(N)SCc2nc3ccccc3c(=O)[nH]2)cc1C. The van der Waals surface area contributed by atoms with Gasteiger partial charge in [0.1, 0.15) is 5.82 Å². The van der Waals surface area contributed by atoms with E-state index in [9.17, 15) is 4.79 Å². The van der Waals surface area contributed by atoms with Crippen molar-refractivity contribution in [2.75, 3.05) is 0 Å². The maximum absolute atomic E-state index is 12.0. The molecule has 0 saturated carbocycles. The smallest absolute Gasteiger partial charge is 0.258 e. The molecule has 5 nitrogen and oxygen atoms in total. The Morgan fingerprint density at radius 3 is 2.79 bits per heavy atom. The predicted molar refractivity (Wildman–Crippen MR) is 101 cm³/mol. The molecule has 24 heavy (non-hydrogen) atoms. The van der Waals surface area contributed by atoms with Gasteiger partial charge in [-0.15, -0.1) is 0 Å². The first kappa shape index (κ1) is 16.3. The number of fused-ring (bicyclic) bond motifs is 1. The van der Waals surface area contributed by atoms with Crippen molar-refractivity contribution in [3.63, 3.8) is 0 Å². The highest BCUT2D eigenvalue weighted by Gasteiger charge is 2.05. The Labute approximate surface area is 144 Å². The van der Waals surface area contributed by atoms with Crippen molar-refractivity contribution in [1.29, 1.82) is 0 Å². The highest BCUT2D eigenvalue weighted by molar-refractivity contribution is 8.13. The molecule has 6 heteroatoms. The number of aryl methyl sites for hydroxylation is 2. The third-order valence-electron chi connectivity index (χ3n) is 3.75. The summed E-state index contributed by atoms with van der Waals surface area (Å²) in [6.07, 6.45) is 0. The number of hydrogen-bond acceptors (Lipinski definition) is 4. The van der Waals surface area contributed by atoms with Gasteiger partial charge < -0.3 is 10.7 Å². The molecule has 0 aliphatic carbocycles. The summed E-state index contributed by atoms with van der Waals surface area (Å²) in [6, 6.07) is 13.2. The fourth-order valence-corrected chi connectivity index (χ4v) is 2.89. The number of aromatic nitrogens is 2. The van der Waals surface area contributed by atoms with Crippen LogP contribution >= 0.6 is 11.8 Å². The minimum atomic E-state index is -0.138. The molecule has 0 aliphatic rings. The van der Waals surface area contributed by atoms with Crippen LogP contribution in [0.5, 0.6) is 0 Å². The third-order valence-corrected chi connectivity index (χ3v) is 4.55. The number of benzene rings is 2. The van der Waals surface area contributed by atoms with Gasteiger partial charge in [0.25, 0.3) is 5.56 Å². The molecule has 122 valence electrons. The summed E-state index contributed by atoms with van der Waals surface area (Å²) in [5.74, 6) is 1.04. The minimum Gasteiger partial charge on any atom is -0.378 e. The van der Waals surface area contributed by atoms with Crippen molar-refractivity contribution in [3.05, 3.63) is 69.8 Å². The molecule has 0 fully saturated rings. The van der Waals surface area contributed by atoms with Gasteiger partial charge in [0.2, 0.25) is 0 Å². The number of nitrogens with two attached hydrogens (primary N) is 1. The molecule has 0 saturated heterocycles. The molecule has 0 unspecified atom stereocenters. The average Bonchev–Trinajstić information content (AvgIpc) is 2.56. The summed E-state index contributed by atoms with van der Waals surface area (Å²) in [7, 11) is 0. The van der Waals surface area contributed by atoms with E-state index < -0.39 is 0 Å². The monoisotopic (exact) mass is 338 g/mol. The van der Waals surface area contributed by atoms with Gasteiger partial charge in [-0.1, -0.05) is 30.0 Å². The highest BCUT2D eigenvalue weighted by atomic mass is 32.2. The van der Waals surface area contributed by atoms with Crippen LogP contribution in [0.3, 0.4) is 0 Å². The summed E-state index contributed by atoms with van der Waals surface area (Å²) < 4.78 is 0. The maximum atomic E-state index is 12.0. The number of thioether (sulfide) groups is 1. The molecular formula is C18H18N4OS. The largest absolute Gasteiger partial charge is 0.378 e. The predicted octanol–water partition coefficient (Wildman–Crippen LogP) is 3.42. The van der Waals surface area contributed by atoms with Gasteiger partial charge in [0.15, 0.2) is 5.17 Å². The molecule has 0 aliphatic heterocycles. The molecule has 0 radical (unpaired) electrons. The lowest BCUT2D eigenvalue weighted by molar-refractivity contribution is 1.04. The van der Waals surface area contributed by atoms with E-state index in [0.717, 1.165) is 5.69 Å². The van der Waals surface area contributed by atoms with Crippen LogP contribution in [0.2, 0.25) is 0 Å². The molecule has 3 aromatic rings. The molecule has 2 aromatic carbocycles. The summed E-state index contributed by atoms with van der Waals surface area (Å²) in [4.78, 5) is 23.7. The highest BCUT2D eigenvalue weighted by Crippen LogP contribution is 2.19. The van der Waals surface area contributed by atoms with E-state index in [2.05, 4.69) is 21.9 Å². The lowest BCUT2D eigenvalue weighted by Crippen LogP contribution is -2.13. The molecule has 0 spiro atoms. The Morgan fingerprint density at radius 1 is 1.21 bits per heavy atom. The molecular weight excluding hydrogens is 320 g/mol. The fraction of sp³-hybridized carbons (Fsp3) is 0.167. The number of aliphatic imine (C=N–C) groups is 1. The molecule has 3 N–H and O–H groups in total. The van der Waals surface area contributed by atoms with E-state index in [4.69, 9.17) is 5.73 Å². The molecule has 0 bridgehead atoms. The number of H-pyrrole nitrogens is 1. The van der Waals surface area contributed by atoms with E-state index in [1.807, 2.05) is 43.3 Å². The van der Waals surface area contributed by atoms with Crippen molar-refractivity contribution < 1.29 is 0 Å². The van der Waals surface area contributed by atoms with Gasteiger partial charge in [-0.3, -0.25) is 4.79 Å². The summed E-state index contributed by atoms with van der Waals surface area (Å²) in [6.45, 7) is 4.10. The fourth-order valence-electron chi connectivity index (χ4n) is 2.30. The number of rotatable bonds is 3. The number of aromatic amines is 1. The first-order valence-electron chi connectivity index (χ1n) is 7.55. The summed E-state index contributed by atoms with van der Waals surface area (Å²) in [5.41, 5.74) is 9.75. The van der Waals surface area contributed by atoms with Crippen molar-refractivity contribution in [1.82, 2.24) is 9.97 Å². The Balaban J connectivity index is 1.76. The molecule has 0 atom stereocenters. The van der Waals surface area contributed by atoms with Crippen molar-refractivity contribution in [2.24, 2.45) is 10.7 Å². The third kappa shape index (κ3) is 3.65. The van der Waals surface area contributed by atoms with E-state index in [1.54, 1.807) is 6.07 Å². The maximum Gasteiger partial charge on any atom is 0.258 e. The standard InChI is InChI=1S/C18H18N4OS/c1-11-7-8-13(9-12(11)2)20-18(19)24-10-16-21-15-6-4-3-5-14(15)17(23)22-16/h3-9H,10H2,1-2H3,(H2,19,20)(H,21,22,23). The van der Waals surface area contributed by atoms with Crippen LogP contribution in [0, 0.1) is 13.8 Å². The second-order valence-corrected chi connectivity index (χ2v) is 6.53. The zero-order valence-corrected chi connectivity index (χ0v) is 14.4. The van der Waals surface area contributed by atoms with E-state index in [0.29, 0.717) is 27.6 Å². The number of hydrogen-bond donors (Lipinski definition) is 2. The van der Waals surface area contributed by atoms with E-state index in [-0.39, 0.29) is 5.56 Å². The van der Waals surface area contributed by atoms with Crippen LogP contribution in [0.4, 0.5) is 5.69 Å². The molecule has 1 aromatic heterocycles. The molecule has 1 heterocycles. The van der Waals surface area contributed by atoms with Crippen LogP contribution in [0.25, 0.3) is 10.9 Å². The number of nitrogens with zero attached hydrogens (tertiary/aromatic N) is 2. The minimum absolute atomic E-state index is 0.138. The van der Waals surface area contributed by atoms with E-state index in [1.165, 1.54) is 22.9 Å². The van der Waals surface area contributed by atoms with Gasteiger partial charge in [-0.25, -0.2) is 9.98 Å². The first-order valence-corrected chi connectivity index (χ1v) is 8.53. The van der Waals surface area contributed by atoms with Gasteiger partial charge in [-0.05, 0) is 49.2 Å². The quantitative estimate of drug-likeness (QED) is 0.566. The average molecular weight is 338 g/mol. The normalized spacial score (nSPS) is 11.8. The zero-order valence-electron chi connectivity index (χ0n) is 13.5. The number of nitrogens with one attached hydrogen (secondary N) is 1. The van der Waals surface area contributed by atoms with Crippen molar-refractivity contribution >= 4 is 33.5 Å². The Bertz CT molecular complexity index is 978. The van der Waals surface area contributed by atoms with Crippen LogP contribution in [0.1, 0.15) is 17.0 Å². The van der Waals surface area contributed by atoms with Gasteiger partial charge in [-0.2, -0.15) is 0 Å². The van der Waals surface area contributed by atoms with Gasteiger partial charge >= 0.3 is 0 Å². The van der Waals surface area contributed by atoms with Gasteiger partial charge in [0, 0.05) is 0 Å². The zero-order chi connectivity index (χ0) is 17.1. The Morgan fingerprint density at radius 2 is 2.00 bits per heavy atom. The van der Waals surface area contributed by atoms with Crippen LogP contribution in [-0.4, -0.2) is 15.1 Å². The Kier molecular flexibility index (Phi) is 4.66.